The van der Waals surface area contributed by atoms with Gasteiger partial charge >= 0.3 is 0 Å². The molecule has 0 nitrogen and oxygen atoms in total. The van der Waals surface area contributed by atoms with Crippen LogP contribution in [0, 0.1) is 0 Å². The van der Waals surface area contributed by atoms with Gasteiger partial charge in [0.25, 0.3) is 0 Å². The van der Waals surface area contributed by atoms with Gasteiger partial charge in [0.2, 0.25) is 0 Å². The van der Waals surface area contributed by atoms with Crippen LogP contribution in [-0.4, -0.2) is 0 Å². The van der Waals surface area contributed by atoms with E-state index >= 15 is 0 Å². The van der Waals surface area contributed by atoms with Gasteiger partial charge in [0.05, 0.1) is 0 Å². The maximum absolute atomic E-state index is 2.50. The minimum Gasteiger partial charge on any atom is -0.0610 e. The summed E-state index contributed by atoms with van der Waals surface area (Å²) < 4.78 is 0. The van der Waals surface area contributed by atoms with Crippen LogP contribution >= 0.6 is 0 Å². The Labute approximate surface area is 285 Å². The highest BCUT2D eigenvalue weighted by Gasteiger charge is 2.15. The zero-order valence-corrected chi connectivity index (χ0v) is 27.5. The van der Waals surface area contributed by atoms with Crippen molar-refractivity contribution in [3.05, 3.63) is 190 Å². The lowest BCUT2D eigenvalue weighted by atomic mass is 9.95. The molecule has 0 heterocycles. The van der Waals surface area contributed by atoms with Crippen LogP contribution in [-0.2, 0) is 51.4 Å². The average Bonchev–Trinajstić information content (AvgIpc) is 3.89. The minimum atomic E-state index is 1.03. The van der Waals surface area contributed by atoms with Gasteiger partial charge in [0.15, 0.2) is 0 Å². The molecule has 0 aromatic rings. The molecule has 0 saturated heterocycles. The van der Waals surface area contributed by atoms with Gasteiger partial charge in [0.1, 0.15) is 0 Å². The molecule has 0 atom stereocenters. The maximum Gasteiger partial charge on any atom is -0.0152 e. The van der Waals surface area contributed by atoms with Crippen molar-refractivity contribution in [1.82, 2.24) is 0 Å². The molecule has 0 saturated carbocycles. The van der Waals surface area contributed by atoms with Gasteiger partial charge in [-0.3, -0.25) is 0 Å². The van der Waals surface area contributed by atoms with Gasteiger partial charge in [-0.25, -0.2) is 0 Å². The van der Waals surface area contributed by atoms with Crippen molar-refractivity contribution in [1.29, 1.82) is 0 Å². The molecule has 9 aliphatic rings. The van der Waals surface area contributed by atoms with Crippen LogP contribution in [0.2, 0.25) is 0 Å². The van der Waals surface area contributed by atoms with Crippen LogP contribution < -0.4 is 0 Å². The number of hydrogen-bond acceptors (Lipinski definition) is 0. The summed E-state index contributed by atoms with van der Waals surface area (Å²) in [6.45, 7) is 0. The van der Waals surface area contributed by atoms with Gasteiger partial charge < -0.3 is 0 Å². The molecule has 0 amide bonds. The Morgan fingerprint density at radius 2 is 0.479 bits per heavy atom. The van der Waals surface area contributed by atoms with E-state index in [1.54, 1.807) is 0 Å². The Morgan fingerprint density at radius 3 is 0.729 bits per heavy atom. The molecule has 0 unspecified atom stereocenters. The predicted octanol–water partition coefficient (Wildman–Crippen LogP) is 11.6. The summed E-state index contributed by atoms with van der Waals surface area (Å²) in [5, 5.41) is 0. The van der Waals surface area contributed by atoms with E-state index in [-0.39, 0.29) is 0 Å². The van der Waals surface area contributed by atoms with Crippen LogP contribution in [0.3, 0.4) is 0 Å². The smallest absolute Gasteiger partial charge is 0.0152 e. The molecule has 9 rings (SSSR count). The van der Waals surface area contributed by atoms with Crippen LogP contribution in [0.15, 0.2) is 146 Å². The number of hydrogen-bond donors (Lipinski definition) is 0. The van der Waals surface area contributed by atoms with Crippen molar-refractivity contribution in [2.75, 3.05) is 0 Å². The van der Waals surface area contributed by atoms with E-state index in [2.05, 4.69) is 146 Å². The molecule has 0 heteroatoms. The summed E-state index contributed by atoms with van der Waals surface area (Å²) in [6, 6.07) is 56.0. The maximum atomic E-state index is 2.50. The van der Waals surface area contributed by atoms with Crippen molar-refractivity contribution in [2.45, 2.75) is 51.4 Å². The second kappa shape index (κ2) is 12.4. The largest absolute Gasteiger partial charge is 0.0610 e. The number of rotatable bonds is 0. The number of fused-ring (bicyclic) bond motifs is 16. The molecule has 0 fully saturated rings. The van der Waals surface area contributed by atoms with Crippen molar-refractivity contribution in [3.63, 3.8) is 0 Å². The molecule has 232 valence electrons. The molecular weight excluding hydrogens is 577 g/mol. The van der Waals surface area contributed by atoms with E-state index in [1.807, 2.05) is 0 Å². The highest BCUT2D eigenvalue weighted by atomic mass is 14.2. The molecule has 0 aliphatic heterocycles. The van der Waals surface area contributed by atoms with Crippen LogP contribution in [0.25, 0.3) is 44.5 Å². The zero-order valence-electron chi connectivity index (χ0n) is 27.5. The highest BCUT2D eigenvalue weighted by Crippen LogP contribution is 2.34. The van der Waals surface area contributed by atoms with Crippen LogP contribution in [0.4, 0.5) is 0 Å². The Bertz CT molecular complexity index is 1930. The van der Waals surface area contributed by atoms with Gasteiger partial charge in [0, 0.05) is 0 Å². The lowest BCUT2D eigenvalue weighted by molar-refractivity contribution is 0.919. The van der Waals surface area contributed by atoms with Crippen molar-refractivity contribution in [3.8, 4) is 44.5 Å². The molecule has 0 radical (unpaired) electrons. The summed E-state index contributed by atoms with van der Waals surface area (Å²) in [6.07, 6.45) is 8.22. The lowest BCUT2D eigenvalue weighted by Crippen LogP contribution is -1.97. The molecule has 0 aromatic carbocycles. The van der Waals surface area contributed by atoms with Gasteiger partial charge in [-0.05, 0) is 140 Å². The molecule has 0 spiro atoms. The Balaban J connectivity index is 1.17. The molecule has 8 bridgehead atoms. The fourth-order valence-electron chi connectivity index (χ4n) is 8.24. The molecule has 0 aromatic heterocycles. The van der Waals surface area contributed by atoms with E-state index in [9.17, 15) is 0 Å². The second-order valence-electron chi connectivity index (χ2n) is 13.9. The van der Waals surface area contributed by atoms with Crippen LogP contribution in [0.1, 0.15) is 44.5 Å². The molecule has 9 aliphatic carbocycles. The van der Waals surface area contributed by atoms with E-state index in [1.165, 1.54) is 89.0 Å². The third kappa shape index (κ3) is 5.67. The van der Waals surface area contributed by atoms with E-state index in [0.717, 1.165) is 51.4 Å². The van der Waals surface area contributed by atoms with Crippen molar-refractivity contribution < 1.29 is 0 Å². The Hall–Kier alpha value is -5.20. The van der Waals surface area contributed by atoms with Crippen molar-refractivity contribution in [2.24, 2.45) is 0 Å². The van der Waals surface area contributed by atoms with Crippen LogP contribution in [0.5, 0.6) is 0 Å². The third-order valence-corrected chi connectivity index (χ3v) is 10.9. The summed E-state index contributed by atoms with van der Waals surface area (Å²) >= 11 is 0. The quantitative estimate of drug-likeness (QED) is 0.159. The van der Waals surface area contributed by atoms with E-state index in [4.69, 9.17) is 0 Å². The average molecular weight is 617 g/mol. The highest BCUT2D eigenvalue weighted by molar-refractivity contribution is 5.74. The Kier molecular flexibility index (Phi) is 7.51. The SMILES string of the molecule is c1cc2ccc3cc(c-2c1)CCc1cc(ccc2cccc1-2)CCc1ccc2cccc-2c(c1)CCc1cc(ccc2cccc1-2)CC3. The van der Waals surface area contributed by atoms with Gasteiger partial charge in [-0.1, -0.05) is 146 Å². The summed E-state index contributed by atoms with van der Waals surface area (Å²) in [5.74, 6) is 0. The Morgan fingerprint density at radius 1 is 0.229 bits per heavy atom. The molecule has 48 heavy (non-hydrogen) atoms. The first-order valence-electron chi connectivity index (χ1n) is 17.8. The normalized spacial score (nSPS) is 14.0. The standard InChI is InChI=1S/C48H40/c1-5-37-21-17-33-13-14-34-18-23-39-7-3-11-47(39)43(31-34)27-28-44-32-36(20-24-40-8-4-12-48(40)44)16-15-35-19-22-38-6-2-10-46(38)42(30-35)26-25-41(29-33)45(37)9-1/h1-12,17-24,29-32H,13-16,25-28H2. The fourth-order valence-corrected chi connectivity index (χ4v) is 8.24. The number of aryl methyl sites for hydroxylation is 8. The molecule has 0 N–H and O–H groups in total. The third-order valence-electron chi connectivity index (χ3n) is 10.9. The molecular formula is C48H40. The monoisotopic (exact) mass is 616 g/mol. The van der Waals surface area contributed by atoms with Gasteiger partial charge in [-0.2, -0.15) is 0 Å². The van der Waals surface area contributed by atoms with Gasteiger partial charge in [-0.15, -0.1) is 0 Å². The topological polar surface area (TPSA) is 0 Å². The first-order chi connectivity index (χ1) is 23.7. The minimum absolute atomic E-state index is 1.03. The summed E-state index contributed by atoms with van der Waals surface area (Å²) in [5.41, 5.74) is 22.4. The fraction of sp³-hybridized carbons (Fsp3) is 0.167. The van der Waals surface area contributed by atoms with E-state index in [0.29, 0.717) is 0 Å². The zero-order chi connectivity index (χ0) is 31.9. The second-order valence-corrected chi connectivity index (χ2v) is 13.9. The van der Waals surface area contributed by atoms with E-state index < -0.39 is 0 Å². The first-order valence-corrected chi connectivity index (χ1v) is 17.8. The summed E-state index contributed by atoms with van der Waals surface area (Å²) in [7, 11) is 0. The predicted molar refractivity (Wildman–Crippen MR) is 202 cm³/mol. The first kappa shape index (κ1) is 29.0. The lowest BCUT2D eigenvalue weighted by Gasteiger charge is -2.10. The van der Waals surface area contributed by atoms with Crippen molar-refractivity contribution >= 4 is 0 Å². The summed E-state index contributed by atoms with van der Waals surface area (Å²) in [4.78, 5) is 0.